The first-order chi connectivity index (χ1) is 19.9. The summed E-state index contributed by atoms with van der Waals surface area (Å²) in [6.45, 7) is 0.938. The van der Waals surface area contributed by atoms with Crippen molar-refractivity contribution in [2.75, 3.05) is 51.5 Å². The van der Waals surface area contributed by atoms with Gasteiger partial charge in [0, 0.05) is 29.8 Å². The van der Waals surface area contributed by atoms with E-state index >= 15 is 0 Å². The molecule has 212 valence electrons. The van der Waals surface area contributed by atoms with Gasteiger partial charge in [0.15, 0.2) is 0 Å². The van der Waals surface area contributed by atoms with Gasteiger partial charge in [-0.05, 0) is 44.4 Å². The number of amides is 2. The van der Waals surface area contributed by atoms with Gasteiger partial charge in [-0.15, -0.1) is 11.8 Å². The Hall–Kier alpha value is -4.15. The predicted octanol–water partition coefficient (Wildman–Crippen LogP) is 4.53. The van der Waals surface area contributed by atoms with Gasteiger partial charge in [-0.3, -0.25) is 14.5 Å². The molecule has 41 heavy (non-hydrogen) atoms. The molecule has 0 radical (unpaired) electrons. The van der Waals surface area contributed by atoms with Crippen LogP contribution in [-0.2, 0) is 9.59 Å². The van der Waals surface area contributed by atoms with E-state index in [0.29, 0.717) is 36.0 Å². The number of ether oxygens (including phenoxy) is 1. The minimum absolute atomic E-state index is 0.139. The lowest BCUT2D eigenvalue weighted by atomic mass is 9.99. The highest BCUT2D eigenvalue weighted by molar-refractivity contribution is 8.00. The Balaban J connectivity index is 1.74. The monoisotopic (exact) mass is 573 g/mol. The first kappa shape index (κ1) is 28.4. The van der Waals surface area contributed by atoms with E-state index in [9.17, 15) is 14.0 Å². The number of methoxy groups -OCH3 is 1. The summed E-state index contributed by atoms with van der Waals surface area (Å²) in [6, 6.07) is 23.4. The summed E-state index contributed by atoms with van der Waals surface area (Å²) in [4.78, 5) is 30.4. The van der Waals surface area contributed by atoms with Crippen LogP contribution >= 0.6 is 11.8 Å². The minimum Gasteiger partial charge on any atom is -0.496 e. The van der Waals surface area contributed by atoms with Gasteiger partial charge < -0.3 is 15.0 Å². The van der Waals surface area contributed by atoms with Gasteiger partial charge >= 0.3 is 0 Å². The molecular formula is C31H32FN5O3S. The highest BCUT2D eigenvalue weighted by Crippen LogP contribution is 2.50. The van der Waals surface area contributed by atoms with E-state index in [1.165, 1.54) is 28.8 Å². The molecule has 2 amide bonds. The first-order valence-corrected chi connectivity index (χ1v) is 14.3. The van der Waals surface area contributed by atoms with E-state index in [-0.39, 0.29) is 35.2 Å². The normalized spacial score (nSPS) is 15.0. The molecule has 1 atom stereocenters. The number of nitrogens with zero attached hydrogens (tertiary/aromatic N) is 4. The lowest BCUT2D eigenvalue weighted by molar-refractivity contribution is -0.122. The van der Waals surface area contributed by atoms with E-state index in [1.54, 1.807) is 23.9 Å². The van der Waals surface area contributed by atoms with Crippen molar-refractivity contribution in [1.29, 1.82) is 0 Å². The summed E-state index contributed by atoms with van der Waals surface area (Å²) >= 11 is 1.47. The number of likely N-dealkylation sites (N-methyl/N-ethyl adjacent to an activating group) is 1. The van der Waals surface area contributed by atoms with Crippen molar-refractivity contribution in [3.05, 3.63) is 95.8 Å². The van der Waals surface area contributed by atoms with Crippen LogP contribution in [-0.4, -0.2) is 73.1 Å². The van der Waals surface area contributed by atoms with E-state index < -0.39 is 0 Å². The number of thioether (sulfide) groups is 1. The van der Waals surface area contributed by atoms with Crippen molar-refractivity contribution in [2.45, 2.75) is 5.25 Å². The summed E-state index contributed by atoms with van der Waals surface area (Å²) in [5.74, 6) is 0.418. The third-order valence-corrected chi connectivity index (χ3v) is 8.05. The Morgan fingerprint density at radius 3 is 2.49 bits per heavy atom. The number of rotatable bonds is 9. The number of anilines is 1. The Kier molecular flexibility index (Phi) is 8.70. The van der Waals surface area contributed by atoms with Gasteiger partial charge in [-0.25, -0.2) is 9.07 Å². The van der Waals surface area contributed by atoms with Crippen molar-refractivity contribution in [2.24, 2.45) is 0 Å². The van der Waals surface area contributed by atoms with Gasteiger partial charge in [-0.2, -0.15) is 5.10 Å². The Morgan fingerprint density at radius 2 is 1.78 bits per heavy atom. The molecular weight excluding hydrogens is 541 g/mol. The topological polar surface area (TPSA) is 79.7 Å². The molecule has 1 aliphatic rings. The average Bonchev–Trinajstić information content (AvgIpc) is 3.30. The third-order valence-electron chi connectivity index (χ3n) is 6.81. The summed E-state index contributed by atoms with van der Waals surface area (Å²) in [5, 5.41) is 7.60. The molecule has 0 fully saturated rings. The van der Waals surface area contributed by atoms with E-state index in [2.05, 4.69) is 5.32 Å². The molecule has 0 bridgehead atoms. The summed E-state index contributed by atoms with van der Waals surface area (Å²) in [7, 11) is 5.48. The minimum atomic E-state index is -0.383. The molecule has 1 aromatic heterocycles. The number of para-hydroxylation sites is 1. The van der Waals surface area contributed by atoms with Crippen LogP contribution < -0.4 is 15.0 Å². The number of carbonyl (C=O) groups is 2. The maximum absolute atomic E-state index is 14.0. The molecule has 0 spiro atoms. The summed E-state index contributed by atoms with van der Waals surface area (Å²) in [5.41, 5.74) is 3.77. The fourth-order valence-electron chi connectivity index (χ4n) is 4.84. The fourth-order valence-corrected chi connectivity index (χ4v) is 6.06. The standard InChI is InChI=1S/C31H32FN5O3S/c1-35(2)18-17-33-26(38)19-36-27(39)20-41-30(24-11-7-8-12-25(24)40-3)28-29(21-9-5-4-6-10-21)34-37(31(28)36)23-15-13-22(32)14-16-23/h4-16,30H,17-20H2,1-3H3,(H,33,38). The van der Waals surface area contributed by atoms with Crippen LogP contribution in [0.15, 0.2) is 78.9 Å². The van der Waals surface area contributed by atoms with Crippen LogP contribution in [0.5, 0.6) is 5.75 Å². The first-order valence-electron chi connectivity index (χ1n) is 13.3. The molecule has 1 aliphatic heterocycles. The van der Waals surface area contributed by atoms with E-state index in [4.69, 9.17) is 9.84 Å². The average molecular weight is 574 g/mol. The van der Waals surface area contributed by atoms with Gasteiger partial charge in [0.25, 0.3) is 0 Å². The number of carbonyl (C=O) groups excluding carboxylic acids is 2. The highest BCUT2D eigenvalue weighted by atomic mass is 32.2. The third kappa shape index (κ3) is 6.13. The quantitative estimate of drug-likeness (QED) is 0.317. The zero-order valence-corrected chi connectivity index (χ0v) is 24.0. The molecule has 5 rings (SSSR count). The largest absolute Gasteiger partial charge is 0.496 e. The SMILES string of the molecule is COc1ccccc1C1SCC(=O)N(CC(=O)NCCN(C)C)c2c1c(-c1ccccc1)nn2-c1ccc(F)cc1. The maximum atomic E-state index is 14.0. The van der Waals surface area contributed by atoms with Gasteiger partial charge in [0.05, 0.1) is 29.5 Å². The van der Waals surface area contributed by atoms with E-state index in [0.717, 1.165) is 16.7 Å². The van der Waals surface area contributed by atoms with Gasteiger partial charge in [0.1, 0.15) is 23.9 Å². The molecule has 1 N–H and O–H groups in total. The lowest BCUT2D eigenvalue weighted by Gasteiger charge is -2.23. The molecule has 4 aromatic rings. The maximum Gasteiger partial charge on any atom is 0.240 e. The van der Waals surface area contributed by atoms with E-state index in [1.807, 2.05) is 73.6 Å². The second kappa shape index (κ2) is 12.6. The van der Waals surface area contributed by atoms with Crippen LogP contribution in [0.4, 0.5) is 10.2 Å². The number of nitrogens with one attached hydrogen (secondary N) is 1. The van der Waals surface area contributed by atoms with Gasteiger partial charge in [-0.1, -0.05) is 48.5 Å². The van der Waals surface area contributed by atoms with Crippen molar-refractivity contribution in [3.63, 3.8) is 0 Å². The second-order valence-electron chi connectivity index (χ2n) is 9.91. The summed E-state index contributed by atoms with van der Waals surface area (Å²) < 4.78 is 21.3. The zero-order chi connectivity index (χ0) is 28.9. The Bertz CT molecular complexity index is 1520. The van der Waals surface area contributed by atoms with Crippen LogP contribution in [0.25, 0.3) is 16.9 Å². The fraction of sp³-hybridized carbons (Fsp3) is 0.258. The molecule has 0 saturated heterocycles. The van der Waals surface area contributed by atoms with Crippen molar-refractivity contribution < 1.29 is 18.7 Å². The molecule has 1 unspecified atom stereocenters. The number of hydrogen-bond acceptors (Lipinski definition) is 6. The zero-order valence-electron chi connectivity index (χ0n) is 23.2. The molecule has 3 aromatic carbocycles. The number of aromatic nitrogens is 2. The molecule has 10 heteroatoms. The highest BCUT2D eigenvalue weighted by Gasteiger charge is 2.38. The van der Waals surface area contributed by atoms with Crippen LogP contribution in [0, 0.1) is 5.82 Å². The molecule has 2 heterocycles. The smallest absolute Gasteiger partial charge is 0.240 e. The van der Waals surface area contributed by atoms with Crippen LogP contribution in [0.2, 0.25) is 0 Å². The number of hydrogen-bond donors (Lipinski definition) is 1. The summed E-state index contributed by atoms with van der Waals surface area (Å²) in [6.07, 6.45) is 0. The Labute approximate surface area is 243 Å². The second-order valence-corrected chi connectivity index (χ2v) is 11.0. The van der Waals surface area contributed by atoms with Crippen molar-refractivity contribution >= 4 is 29.4 Å². The molecule has 0 aliphatic carbocycles. The van der Waals surface area contributed by atoms with Crippen molar-refractivity contribution in [3.8, 4) is 22.7 Å². The number of benzene rings is 3. The van der Waals surface area contributed by atoms with Crippen LogP contribution in [0.3, 0.4) is 0 Å². The molecule has 8 nitrogen and oxygen atoms in total. The Morgan fingerprint density at radius 1 is 1.07 bits per heavy atom. The number of halogens is 1. The van der Waals surface area contributed by atoms with Crippen molar-refractivity contribution in [1.82, 2.24) is 20.0 Å². The van der Waals surface area contributed by atoms with Crippen LogP contribution in [0.1, 0.15) is 16.4 Å². The molecule has 0 saturated carbocycles. The predicted molar refractivity (Wildman–Crippen MR) is 160 cm³/mol. The lowest BCUT2D eigenvalue weighted by Crippen LogP contribution is -2.43. The number of fused-ring (bicyclic) bond motifs is 1. The van der Waals surface area contributed by atoms with Gasteiger partial charge in [0.2, 0.25) is 11.8 Å².